The third-order valence-electron chi connectivity index (χ3n) is 2.56. The molecule has 18 heavy (non-hydrogen) atoms. The zero-order valence-corrected chi connectivity index (χ0v) is 12.2. The highest BCUT2D eigenvalue weighted by molar-refractivity contribution is 8.13. The van der Waals surface area contributed by atoms with Crippen molar-refractivity contribution in [3.05, 3.63) is 35.4 Å². The number of carbonyl (C=O) groups is 1. The highest BCUT2D eigenvalue weighted by Gasteiger charge is 2.18. The molecule has 1 aromatic rings. The van der Waals surface area contributed by atoms with E-state index in [1.54, 1.807) is 6.92 Å². The molecule has 0 aromatic heterocycles. The Labute approximate surface area is 113 Å². The molecule has 0 atom stereocenters. The van der Waals surface area contributed by atoms with Gasteiger partial charge in [-0.1, -0.05) is 62.9 Å². The minimum Gasteiger partial charge on any atom is -0.507 e. The average Bonchev–Trinajstić information content (AvgIpc) is 2.24. The van der Waals surface area contributed by atoms with Crippen molar-refractivity contribution in [2.45, 2.75) is 33.1 Å². The zero-order chi connectivity index (χ0) is 13.8. The molecule has 1 rings (SSSR count). The van der Waals surface area contributed by atoms with Crippen LogP contribution in [0.15, 0.2) is 24.3 Å². The molecule has 98 valence electrons. The summed E-state index contributed by atoms with van der Waals surface area (Å²) in [5.41, 5.74) is 1.65. The lowest BCUT2D eigenvalue weighted by molar-refractivity contribution is -0.109. The summed E-state index contributed by atoms with van der Waals surface area (Å²) in [7, 11) is 0. The van der Waals surface area contributed by atoms with Gasteiger partial charge in [-0.25, -0.2) is 0 Å². The number of thioether (sulfide) groups is 1. The Kier molecular flexibility index (Phi) is 5.03. The van der Waals surface area contributed by atoms with Crippen molar-refractivity contribution in [3.63, 3.8) is 0 Å². The third kappa shape index (κ3) is 4.22. The first-order chi connectivity index (χ1) is 8.32. The molecule has 0 aliphatic rings. The van der Waals surface area contributed by atoms with Crippen LogP contribution >= 0.6 is 11.8 Å². The van der Waals surface area contributed by atoms with Crippen LogP contribution in [0.3, 0.4) is 0 Å². The van der Waals surface area contributed by atoms with E-state index in [0.29, 0.717) is 11.5 Å². The van der Waals surface area contributed by atoms with Crippen LogP contribution in [0, 0.1) is 0 Å². The predicted molar refractivity (Wildman–Crippen MR) is 79.0 cm³/mol. The first-order valence-corrected chi connectivity index (χ1v) is 6.93. The first kappa shape index (κ1) is 14.8. The number of carbonyl (C=O) groups excluding carboxylic acids is 1. The molecule has 0 fully saturated rings. The fourth-order valence-electron chi connectivity index (χ4n) is 1.64. The van der Waals surface area contributed by atoms with Gasteiger partial charge < -0.3 is 5.11 Å². The summed E-state index contributed by atoms with van der Waals surface area (Å²) in [6, 6.07) is 5.76. The summed E-state index contributed by atoms with van der Waals surface area (Å²) < 4.78 is 0. The van der Waals surface area contributed by atoms with Crippen molar-refractivity contribution in [2.24, 2.45) is 0 Å². The van der Waals surface area contributed by atoms with Crippen LogP contribution in [-0.2, 0) is 10.2 Å². The Hall–Kier alpha value is -1.22. The van der Waals surface area contributed by atoms with Crippen LogP contribution in [0.2, 0.25) is 0 Å². The zero-order valence-electron chi connectivity index (χ0n) is 11.4. The van der Waals surface area contributed by atoms with E-state index >= 15 is 0 Å². The Morgan fingerprint density at radius 1 is 1.39 bits per heavy atom. The molecule has 0 radical (unpaired) electrons. The van der Waals surface area contributed by atoms with Crippen molar-refractivity contribution in [1.82, 2.24) is 0 Å². The molecule has 0 aliphatic heterocycles. The molecule has 0 heterocycles. The van der Waals surface area contributed by atoms with E-state index in [-0.39, 0.29) is 10.5 Å². The summed E-state index contributed by atoms with van der Waals surface area (Å²) in [6.45, 7) is 7.76. The SMILES string of the molecule is CC(=O)SCC=Cc1cccc(C(C)(C)C)c1O. The number of rotatable bonds is 3. The van der Waals surface area contributed by atoms with Crippen LogP contribution in [0.1, 0.15) is 38.8 Å². The van der Waals surface area contributed by atoms with Crippen LogP contribution in [0.25, 0.3) is 6.08 Å². The molecular formula is C15H20O2S. The maximum atomic E-state index is 10.8. The molecule has 1 N–H and O–H groups in total. The number of para-hydroxylation sites is 1. The number of benzene rings is 1. The number of hydrogen-bond donors (Lipinski definition) is 1. The summed E-state index contributed by atoms with van der Waals surface area (Å²) in [5.74, 6) is 0.961. The van der Waals surface area contributed by atoms with Crippen LogP contribution in [0.4, 0.5) is 0 Å². The van der Waals surface area contributed by atoms with Crippen molar-refractivity contribution in [1.29, 1.82) is 0 Å². The molecule has 0 amide bonds. The van der Waals surface area contributed by atoms with Gasteiger partial charge in [0.15, 0.2) is 5.12 Å². The lowest BCUT2D eigenvalue weighted by Crippen LogP contribution is -2.11. The standard InChI is InChI=1S/C15H20O2S/c1-11(16)18-10-6-8-12-7-5-9-13(14(12)17)15(2,3)4/h5-9,17H,10H2,1-4H3. The topological polar surface area (TPSA) is 37.3 Å². The van der Waals surface area contributed by atoms with Crippen molar-refractivity contribution in [3.8, 4) is 5.75 Å². The largest absolute Gasteiger partial charge is 0.507 e. The van der Waals surface area contributed by atoms with E-state index in [1.165, 1.54) is 11.8 Å². The van der Waals surface area contributed by atoms with Gasteiger partial charge in [0.1, 0.15) is 5.75 Å². The number of phenols is 1. The van der Waals surface area contributed by atoms with Gasteiger partial charge in [-0.3, -0.25) is 4.79 Å². The average molecular weight is 264 g/mol. The van der Waals surface area contributed by atoms with E-state index in [1.807, 2.05) is 30.4 Å². The highest BCUT2D eigenvalue weighted by atomic mass is 32.2. The maximum Gasteiger partial charge on any atom is 0.186 e. The summed E-state index contributed by atoms with van der Waals surface area (Å²) in [6.07, 6.45) is 3.76. The van der Waals surface area contributed by atoms with Gasteiger partial charge in [0.25, 0.3) is 0 Å². The molecule has 3 heteroatoms. The number of phenolic OH excluding ortho intramolecular Hbond substituents is 1. The molecule has 0 saturated carbocycles. The van der Waals surface area contributed by atoms with Gasteiger partial charge in [-0.15, -0.1) is 0 Å². The molecule has 2 nitrogen and oxygen atoms in total. The number of hydrogen-bond acceptors (Lipinski definition) is 3. The Morgan fingerprint density at radius 3 is 2.61 bits per heavy atom. The van der Waals surface area contributed by atoms with E-state index < -0.39 is 0 Å². The summed E-state index contributed by atoms with van der Waals surface area (Å²) >= 11 is 1.26. The highest BCUT2D eigenvalue weighted by Crippen LogP contribution is 2.33. The second kappa shape index (κ2) is 6.10. The number of aromatic hydroxyl groups is 1. The van der Waals surface area contributed by atoms with Crippen molar-refractivity contribution >= 4 is 23.0 Å². The summed E-state index contributed by atoms with van der Waals surface area (Å²) in [4.78, 5) is 10.8. The minimum atomic E-state index is -0.0813. The fourth-order valence-corrected chi connectivity index (χ4v) is 2.07. The monoisotopic (exact) mass is 264 g/mol. The molecule has 0 aliphatic carbocycles. The van der Waals surface area contributed by atoms with Crippen LogP contribution in [-0.4, -0.2) is 16.0 Å². The van der Waals surface area contributed by atoms with Crippen LogP contribution < -0.4 is 0 Å². The van der Waals surface area contributed by atoms with Gasteiger partial charge in [0.05, 0.1) is 0 Å². The Balaban J connectivity index is 2.88. The molecule has 0 spiro atoms. The fraction of sp³-hybridized carbons (Fsp3) is 0.400. The molecule has 1 aromatic carbocycles. The minimum absolute atomic E-state index is 0.0813. The Bertz CT molecular complexity index is 456. The molecule has 0 unspecified atom stereocenters. The van der Waals surface area contributed by atoms with Crippen molar-refractivity contribution in [2.75, 3.05) is 5.75 Å². The van der Waals surface area contributed by atoms with Gasteiger partial charge in [-0.05, 0) is 11.0 Å². The maximum absolute atomic E-state index is 10.8. The van der Waals surface area contributed by atoms with E-state index in [0.717, 1.165) is 11.1 Å². The lowest BCUT2D eigenvalue weighted by atomic mass is 9.85. The van der Waals surface area contributed by atoms with Crippen molar-refractivity contribution < 1.29 is 9.90 Å². The van der Waals surface area contributed by atoms with E-state index in [9.17, 15) is 9.90 Å². The third-order valence-corrected chi connectivity index (χ3v) is 3.32. The summed E-state index contributed by atoms with van der Waals surface area (Å²) in [5, 5.41) is 10.3. The normalized spacial score (nSPS) is 12.0. The van der Waals surface area contributed by atoms with Gasteiger partial charge in [0, 0.05) is 18.2 Å². The van der Waals surface area contributed by atoms with Crippen LogP contribution in [0.5, 0.6) is 5.75 Å². The molecule has 0 bridgehead atoms. The van der Waals surface area contributed by atoms with E-state index in [2.05, 4.69) is 20.8 Å². The van der Waals surface area contributed by atoms with Gasteiger partial charge in [0.2, 0.25) is 0 Å². The van der Waals surface area contributed by atoms with Gasteiger partial charge >= 0.3 is 0 Å². The Morgan fingerprint density at radius 2 is 2.06 bits per heavy atom. The van der Waals surface area contributed by atoms with E-state index in [4.69, 9.17) is 0 Å². The smallest absolute Gasteiger partial charge is 0.186 e. The predicted octanol–water partition coefficient (Wildman–Crippen LogP) is 3.98. The molecular weight excluding hydrogens is 244 g/mol. The molecule has 0 saturated heterocycles. The second-order valence-electron chi connectivity index (χ2n) is 5.20. The second-order valence-corrected chi connectivity index (χ2v) is 6.40. The first-order valence-electron chi connectivity index (χ1n) is 5.94. The lowest BCUT2D eigenvalue weighted by Gasteiger charge is -2.21. The quantitative estimate of drug-likeness (QED) is 0.897. The van der Waals surface area contributed by atoms with Gasteiger partial charge in [-0.2, -0.15) is 0 Å².